The Morgan fingerprint density at radius 2 is 2.33 bits per heavy atom. The summed E-state index contributed by atoms with van der Waals surface area (Å²) < 4.78 is 0. The molecule has 0 radical (unpaired) electrons. The SMILES string of the molecule is [Cl-].[O-][NH+]1CC=CC=C1Cl. The summed E-state index contributed by atoms with van der Waals surface area (Å²) in [5, 5.41) is 10.9. The molecule has 4 heteroatoms. The summed E-state index contributed by atoms with van der Waals surface area (Å²) in [5.74, 6) is 0. The van der Waals surface area contributed by atoms with E-state index in [0.717, 1.165) is 0 Å². The predicted molar refractivity (Wildman–Crippen MR) is 32.3 cm³/mol. The van der Waals surface area contributed by atoms with Crippen molar-refractivity contribution in [2.75, 3.05) is 6.54 Å². The summed E-state index contributed by atoms with van der Waals surface area (Å²) in [6, 6.07) is 0. The molecule has 0 aromatic carbocycles. The molecular weight excluding hydrogens is 161 g/mol. The molecule has 1 aliphatic rings. The van der Waals surface area contributed by atoms with Crippen LogP contribution in [0.4, 0.5) is 0 Å². The number of nitrogens with one attached hydrogen (secondary N) is 1. The summed E-state index contributed by atoms with van der Waals surface area (Å²) in [5.41, 5.74) is 0. The molecular formula is C5H6Cl2NO-. The van der Waals surface area contributed by atoms with Crippen molar-refractivity contribution in [3.05, 3.63) is 28.6 Å². The van der Waals surface area contributed by atoms with Gasteiger partial charge in [-0.25, -0.2) is 0 Å². The van der Waals surface area contributed by atoms with Gasteiger partial charge in [0.2, 0.25) is 0 Å². The lowest BCUT2D eigenvalue weighted by Crippen LogP contribution is -3.04. The van der Waals surface area contributed by atoms with Crippen molar-refractivity contribution in [2.24, 2.45) is 0 Å². The fraction of sp³-hybridized carbons (Fsp3) is 0.200. The normalized spacial score (nSPS) is 24.7. The molecule has 0 fully saturated rings. The maximum Gasteiger partial charge on any atom is 0.200 e. The predicted octanol–water partition coefficient (Wildman–Crippen LogP) is -2.98. The molecule has 9 heavy (non-hydrogen) atoms. The summed E-state index contributed by atoms with van der Waals surface area (Å²) >= 11 is 5.43. The fourth-order valence-corrected chi connectivity index (χ4v) is 0.668. The van der Waals surface area contributed by atoms with Crippen molar-refractivity contribution in [3.63, 3.8) is 0 Å². The van der Waals surface area contributed by atoms with Crippen molar-refractivity contribution in [1.82, 2.24) is 0 Å². The van der Waals surface area contributed by atoms with Crippen molar-refractivity contribution in [3.8, 4) is 0 Å². The summed E-state index contributed by atoms with van der Waals surface area (Å²) in [4.78, 5) is 0. The monoisotopic (exact) mass is 166 g/mol. The van der Waals surface area contributed by atoms with Crippen molar-refractivity contribution < 1.29 is 17.5 Å². The van der Waals surface area contributed by atoms with Crippen LogP contribution in [-0.4, -0.2) is 6.54 Å². The highest BCUT2D eigenvalue weighted by molar-refractivity contribution is 6.28. The van der Waals surface area contributed by atoms with Gasteiger partial charge in [-0.2, -0.15) is 0 Å². The molecule has 0 aromatic rings. The first-order valence-electron chi connectivity index (χ1n) is 2.36. The van der Waals surface area contributed by atoms with E-state index in [1.54, 1.807) is 18.2 Å². The van der Waals surface area contributed by atoms with E-state index >= 15 is 0 Å². The third-order valence-corrected chi connectivity index (χ3v) is 1.29. The van der Waals surface area contributed by atoms with E-state index < -0.39 is 0 Å². The molecule has 1 rings (SSSR count). The van der Waals surface area contributed by atoms with Crippen LogP contribution in [0.2, 0.25) is 0 Å². The second kappa shape index (κ2) is 3.90. The van der Waals surface area contributed by atoms with E-state index in [4.69, 9.17) is 11.6 Å². The van der Waals surface area contributed by atoms with Crippen LogP contribution in [0.1, 0.15) is 0 Å². The first-order valence-corrected chi connectivity index (χ1v) is 2.74. The van der Waals surface area contributed by atoms with E-state index in [9.17, 15) is 5.21 Å². The molecule has 1 N–H and O–H groups in total. The van der Waals surface area contributed by atoms with E-state index in [0.29, 0.717) is 11.7 Å². The number of hydrogen-bond acceptors (Lipinski definition) is 1. The van der Waals surface area contributed by atoms with Crippen LogP contribution in [0, 0.1) is 5.21 Å². The van der Waals surface area contributed by atoms with Gasteiger partial charge in [-0.05, 0) is 17.7 Å². The van der Waals surface area contributed by atoms with Crippen LogP contribution >= 0.6 is 11.6 Å². The van der Waals surface area contributed by atoms with E-state index in [1.807, 2.05) is 0 Å². The highest BCUT2D eigenvalue weighted by Crippen LogP contribution is 1.93. The lowest BCUT2D eigenvalue weighted by atomic mass is 10.4. The van der Waals surface area contributed by atoms with Crippen LogP contribution < -0.4 is 17.5 Å². The molecule has 0 amide bonds. The number of hydroxylamine groups is 2. The zero-order chi connectivity index (χ0) is 5.98. The van der Waals surface area contributed by atoms with Crippen molar-refractivity contribution in [1.29, 1.82) is 0 Å². The Morgan fingerprint density at radius 3 is 2.67 bits per heavy atom. The molecule has 0 aliphatic carbocycles. The van der Waals surface area contributed by atoms with Crippen LogP contribution in [0.3, 0.4) is 0 Å². The van der Waals surface area contributed by atoms with Gasteiger partial charge in [0.15, 0.2) is 5.16 Å². The number of allylic oxidation sites excluding steroid dienone is 2. The van der Waals surface area contributed by atoms with Crippen molar-refractivity contribution >= 4 is 11.6 Å². The Balaban J connectivity index is 0.000000640. The Kier molecular flexibility index (Phi) is 3.89. The largest absolute Gasteiger partial charge is 1.00 e. The van der Waals surface area contributed by atoms with Gasteiger partial charge in [-0.1, -0.05) is 6.08 Å². The molecule has 1 heterocycles. The lowest BCUT2D eigenvalue weighted by molar-refractivity contribution is -0.792. The van der Waals surface area contributed by atoms with Crippen LogP contribution in [-0.2, 0) is 0 Å². The molecule has 0 saturated carbocycles. The van der Waals surface area contributed by atoms with Crippen LogP contribution in [0.5, 0.6) is 0 Å². The van der Waals surface area contributed by atoms with Gasteiger partial charge >= 0.3 is 0 Å². The standard InChI is InChI=1S/C5H6ClNO.ClH/c6-5-3-1-2-4-7(5)8;/h1-3,7H,4H2;1H/p-1. The summed E-state index contributed by atoms with van der Waals surface area (Å²) in [6.45, 7) is 0.454. The van der Waals surface area contributed by atoms with E-state index in [1.165, 1.54) is 0 Å². The first-order chi connectivity index (χ1) is 3.80. The minimum Gasteiger partial charge on any atom is -1.00 e. The zero-order valence-electron chi connectivity index (χ0n) is 4.60. The van der Waals surface area contributed by atoms with Gasteiger partial charge in [0, 0.05) is 6.08 Å². The number of halogens is 2. The average Bonchev–Trinajstić information content (AvgIpc) is 1.77. The quantitative estimate of drug-likeness (QED) is 0.302. The maximum absolute atomic E-state index is 10.5. The molecule has 2 nitrogen and oxygen atoms in total. The minimum atomic E-state index is 0. The van der Waals surface area contributed by atoms with Gasteiger partial charge in [0.1, 0.15) is 6.54 Å². The van der Waals surface area contributed by atoms with Crippen LogP contribution in [0.25, 0.3) is 0 Å². The third-order valence-electron chi connectivity index (χ3n) is 0.948. The van der Waals surface area contributed by atoms with Gasteiger partial charge < -0.3 is 22.7 Å². The molecule has 0 bridgehead atoms. The van der Waals surface area contributed by atoms with Crippen LogP contribution in [0.15, 0.2) is 23.4 Å². The van der Waals surface area contributed by atoms with E-state index in [2.05, 4.69) is 0 Å². The number of rotatable bonds is 0. The Bertz CT molecular complexity index is 144. The smallest absolute Gasteiger partial charge is 0.200 e. The molecule has 1 aliphatic heterocycles. The topological polar surface area (TPSA) is 27.5 Å². The highest BCUT2D eigenvalue weighted by atomic mass is 35.5. The number of quaternary nitrogens is 1. The minimum absolute atomic E-state index is 0. The molecule has 1 unspecified atom stereocenters. The van der Waals surface area contributed by atoms with Gasteiger partial charge in [0.05, 0.1) is 0 Å². The Hall–Kier alpha value is -0.0200. The van der Waals surface area contributed by atoms with Gasteiger partial charge in [0.25, 0.3) is 0 Å². The Labute approximate surface area is 64.8 Å². The summed E-state index contributed by atoms with van der Waals surface area (Å²) in [7, 11) is 0. The second-order valence-corrected chi connectivity index (χ2v) is 1.98. The zero-order valence-corrected chi connectivity index (χ0v) is 6.12. The molecule has 52 valence electrons. The molecule has 0 aromatic heterocycles. The third kappa shape index (κ3) is 2.37. The first kappa shape index (κ1) is 8.98. The molecule has 0 spiro atoms. The van der Waals surface area contributed by atoms with E-state index in [-0.39, 0.29) is 17.5 Å². The molecule has 0 saturated heterocycles. The Morgan fingerprint density at radius 1 is 1.67 bits per heavy atom. The number of hydrogen-bond donors (Lipinski definition) is 1. The highest BCUT2D eigenvalue weighted by Gasteiger charge is 2.01. The lowest BCUT2D eigenvalue weighted by Gasteiger charge is -2.19. The summed E-state index contributed by atoms with van der Waals surface area (Å²) in [6.07, 6.45) is 5.17. The second-order valence-electron chi connectivity index (χ2n) is 1.57. The fourth-order valence-electron chi connectivity index (χ4n) is 0.518. The van der Waals surface area contributed by atoms with Gasteiger partial charge in [-0.3, -0.25) is 0 Å². The van der Waals surface area contributed by atoms with Crippen molar-refractivity contribution in [2.45, 2.75) is 0 Å². The van der Waals surface area contributed by atoms with Gasteiger partial charge in [-0.15, -0.1) is 0 Å². The molecule has 1 atom stereocenters. The maximum atomic E-state index is 10.5. The average molecular weight is 167 g/mol.